The second-order valence-electron chi connectivity index (χ2n) is 11.2. The first-order valence-electron chi connectivity index (χ1n) is 13.2. The molecule has 0 bridgehead atoms. The van der Waals surface area contributed by atoms with Gasteiger partial charge in [-0.15, -0.1) is 0 Å². The Morgan fingerprint density at radius 1 is 0.897 bits per heavy atom. The molecule has 0 nitrogen and oxygen atoms in total. The van der Waals surface area contributed by atoms with Crippen molar-refractivity contribution >= 4 is 0 Å². The first-order valence-corrected chi connectivity index (χ1v) is 13.2. The van der Waals surface area contributed by atoms with E-state index in [2.05, 4.69) is 67.5 Å². The maximum absolute atomic E-state index is 2.67. The highest BCUT2D eigenvalue weighted by Gasteiger charge is 2.43. The Morgan fingerprint density at radius 3 is 1.93 bits per heavy atom. The summed E-state index contributed by atoms with van der Waals surface area (Å²) in [7, 11) is 0. The molecule has 168 valence electrons. The molecule has 0 spiro atoms. The Hall–Kier alpha value is -0.520. The lowest BCUT2D eigenvalue weighted by Gasteiger charge is -2.50. The Kier molecular flexibility index (Phi) is 10.0. The zero-order valence-corrected chi connectivity index (χ0v) is 21.1. The third-order valence-corrected chi connectivity index (χ3v) is 8.64. The summed E-state index contributed by atoms with van der Waals surface area (Å²) in [6.45, 7) is 19.7. The molecule has 2 fully saturated rings. The minimum atomic E-state index is 0.772. The van der Waals surface area contributed by atoms with Crippen LogP contribution in [0.5, 0.6) is 0 Å². The molecule has 0 radical (unpaired) electrons. The summed E-state index contributed by atoms with van der Waals surface area (Å²) in [6.07, 6.45) is 17.4. The van der Waals surface area contributed by atoms with Gasteiger partial charge in [-0.05, 0) is 92.8 Å². The van der Waals surface area contributed by atoms with Crippen molar-refractivity contribution in [3.8, 4) is 0 Å². The highest BCUT2D eigenvalue weighted by molar-refractivity contribution is 5.13. The monoisotopic (exact) mass is 400 g/mol. The molecule has 2 rings (SSSR count). The molecule has 2 saturated carbocycles. The van der Waals surface area contributed by atoms with Crippen LogP contribution >= 0.6 is 0 Å². The van der Waals surface area contributed by atoms with Crippen molar-refractivity contribution in [3.63, 3.8) is 0 Å². The van der Waals surface area contributed by atoms with Crippen molar-refractivity contribution in [2.24, 2.45) is 47.3 Å². The maximum atomic E-state index is 2.67. The molecule has 0 aliphatic heterocycles. The van der Waals surface area contributed by atoms with Gasteiger partial charge in [-0.25, -0.2) is 0 Å². The summed E-state index contributed by atoms with van der Waals surface area (Å²) in [5.74, 6) is 6.92. The van der Waals surface area contributed by atoms with Gasteiger partial charge in [-0.2, -0.15) is 0 Å². The molecular formula is C29H52. The molecule has 0 saturated heterocycles. The molecule has 3 unspecified atom stereocenters. The van der Waals surface area contributed by atoms with Crippen LogP contribution in [0.1, 0.15) is 113 Å². The molecule has 0 heteroatoms. The summed E-state index contributed by atoms with van der Waals surface area (Å²) >= 11 is 0. The van der Waals surface area contributed by atoms with Gasteiger partial charge in [0.2, 0.25) is 0 Å². The van der Waals surface area contributed by atoms with Gasteiger partial charge in [0.05, 0.1) is 0 Å². The number of hydrogen-bond donors (Lipinski definition) is 0. The molecule has 8 atom stereocenters. The van der Waals surface area contributed by atoms with Crippen LogP contribution in [0, 0.1) is 47.3 Å². The normalized spacial score (nSPS) is 39.0. The second kappa shape index (κ2) is 11.8. The lowest BCUT2D eigenvalue weighted by Crippen LogP contribution is -2.42. The van der Waals surface area contributed by atoms with Crippen molar-refractivity contribution < 1.29 is 0 Å². The third kappa shape index (κ3) is 6.48. The van der Waals surface area contributed by atoms with Gasteiger partial charge >= 0.3 is 0 Å². The third-order valence-electron chi connectivity index (χ3n) is 8.64. The van der Waals surface area contributed by atoms with E-state index in [1.165, 1.54) is 57.8 Å². The van der Waals surface area contributed by atoms with E-state index < -0.39 is 0 Å². The Bertz CT molecular complexity index is 512. The smallest absolute Gasteiger partial charge is 0.0198 e. The number of hydrogen-bond acceptors (Lipinski definition) is 0. The van der Waals surface area contributed by atoms with Crippen LogP contribution in [0.3, 0.4) is 0 Å². The van der Waals surface area contributed by atoms with Crippen LogP contribution in [-0.4, -0.2) is 0 Å². The highest BCUT2D eigenvalue weighted by Crippen LogP contribution is 2.52. The van der Waals surface area contributed by atoms with Crippen molar-refractivity contribution in [3.05, 3.63) is 23.3 Å². The van der Waals surface area contributed by atoms with Crippen molar-refractivity contribution in [1.29, 1.82) is 0 Å². The average molecular weight is 401 g/mol. The predicted octanol–water partition coefficient (Wildman–Crippen LogP) is 9.47. The van der Waals surface area contributed by atoms with Crippen LogP contribution in [0.25, 0.3) is 0 Å². The van der Waals surface area contributed by atoms with Gasteiger partial charge in [0.1, 0.15) is 0 Å². The summed E-state index contributed by atoms with van der Waals surface area (Å²) in [5.41, 5.74) is 3.50. The first kappa shape index (κ1) is 24.7. The quantitative estimate of drug-likeness (QED) is 0.281. The first-order chi connectivity index (χ1) is 13.8. The maximum Gasteiger partial charge on any atom is -0.0198 e. The van der Waals surface area contributed by atoms with Crippen LogP contribution in [0.15, 0.2) is 23.3 Å². The van der Waals surface area contributed by atoms with Gasteiger partial charge < -0.3 is 0 Å². The van der Waals surface area contributed by atoms with E-state index in [1.54, 1.807) is 11.1 Å². The van der Waals surface area contributed by atoms with Crippen LogP contribution in [0.4, 0.5) is 0 Å². The van der Waals surface area contributed by atoms with Gasteiger partial charge in [0.25, 0.3) is 0 Å². The fraction of sp³-hybridized carbons (Fsp3) is 0.862. The molecule has 0 aromatic heterocycles. The van der Waals surface area contributed by atoms with Gasteiger partial charge in [0.15, 0.2) is 0 Å². The minimum Gasteiger partial charge on any atom is -0.0882 e. The van der Waals surface area contributed by atoms with Crippen LogP contribution in [0.2, 0.25) is 0 Å². The van der Waals surface area contributed by atoms with E-state index in [0.717, 1.165) is 47.3 Å². The average Bonchev–Trinajstić information content (AvgIpc) is 2.64. The lowest BCUT2D eigenvalue weighted by atomic mass is 9.55. The molecule has 0 aromatic rings. The Morgan fingerprint density at radius 2 is 1.45 bits per heavy atom. The fourth-order valence-corrected chi connectivity index (χ4v) is 7.50. The van der Waals surface area contributed by atoms with Gasteiger partial charge in [0, 0.05) is 0 Å². The summed E-state index contributed by atoms with van der Waals surface area (Å²) in [5, 5.41) is 0. The predicted molar refractivity (Wildman–Crippen MR) is 131 cm³/mol. The summed E-state index contributed by atoms with van der Waals surface area (Å²) in [4.78, 5) is 0. The van der Waals surface area contributed by atoms with E-state index in [-0.39, 0.29) is 0 Å². The van der Waals surface area contributed by atoms with Crippen LogP contribution in [-0.2, 0) is 0 Å². The van der Waals surface area contributed by atoms with E-state index >= 15 is 0 Å². The molecule has 2 aliphatic carbocycles. The standard InChI is InChI=1S/C29H52/c1-9-12-13-14-20(4)15-25-16-21(5)28(22(6)17-25)29-23(7)18-27(19-24(29)8)26(10-2)11-3/h10,15,20-24,27-29H,9,11-14,16-19H2,1-8H3/t20-,21-,22+,23-,24+,27?,28?,29?/m0/s1. The molecule has 0 amide bonds. The van der Waals surface area contributed by atoms with E-state index in [1.807, 2.05) is 0 Å². The fourth-order valence-electron chi connectivity index (χ4n) is 7.50. The Labute approximate surface area is 184 Å². The van der Waals surface area contributed by atoms with Crippen molar-refractivity contribution in [1.82, 2.24) is 0 Å². The molecule has 2 aliphatic rings. The van der Waals surface area contributed by atoms with Crippen LogP contribution < -0.4 is 0 Å². The lowest BCUT2D eigenvalue weighted by molar-refractivity contribution is 0.0190. The molecule has 0 heterocycles. The van der Waals surface area contributed by atoms with Gasteiger partial charge in [-0.1, -0.05) is 91.0 Å². The Balaban J connectivity index is 2.03. The molecule has 0 N–H and O–H groups in total. The van der Waals surface area contributed by atoms with Crippen molar-refractivity contribution in [2.75, 3.05) is 0 Å². The molecular weight excluding hydrogens is 348 g/mol. The van der Waals surface area contributed by atoms with E-state index in [4.69, 9.17) is 0 Å². The molecule has 0 aromatic carbocycles. The van der Waals surface area contributed by atoms with E-state index in [0.29, 0.717) is 0 Å². The van der Waals surface area contributed by atoms with Crippen molar-refractivity contribution in [2.45, 2.75) is 113 Å². The SMILES string of the molecule is CC=C(CC)C1C[C@@H](C)C(C2[C@H](C)CC(=C[C@@H](C)CCCCC)C[C@@H]2C)[C@@H](C)C1. The summed E-state index contributed by atoms with van der Waals surface area (Å²) in [6, 6.07) is 0. The largest absolute Gasteiger partial charge is 0.0882 e. The zero-order chi connectivity index (χ0) is 21.6. The number of unbranched alkanes of at least 4 members (excludes halogenated alkanes) is 2. The number of rotatable bonds is 8. The topological polar surface area (TPSA) is 0 Å². The van der Waals surface area contributed by atoms with E-state index in [9.17, 15) is 0 Å². The second-order valence-corrected chi connectivity index (χ2v) is 11.2. The van der Waals surface area contributed by atoms with Gasteiger partial charge in [-0.3, -0.25) is 0 Å². The minimum absolute atomic E-state index is 0.772. The number of allylic oxidation sites excluding steroid dienone is 4. The summed E-state index contributed by atoms with van der Waals surface area (Å²) < 4.78 is 0. The zero-order valence-electron chi connectivity index (χ0n) is 21.1. The molecule has 29 heavy (non-hydrogen) atoms. The highest BCUT2D eigenvalue weighted by atomic mass is 14.5.